The number of rotatable bonds is 5. The van der Waals surface area contributed by atoms with Crippen molar-refractivity contribution in [3.8, 4) is 11.1 Å². The second-order valence-electron chi connectivity index (χ2n) is 10.0. The molecule has 2 N–H and O–H groups in total. The molecule has 36 heavy (non-hydrogen) atoms. The van der Waals surface area contributed by atoms with Gasteiger partial charge < -0.3 is 10.6 Å². The van der Waals surface area contributed by atoms with E-state index >= 15 is 0 Å². The lowest BCUT2D eigenvalue weighted by Gasteiger charge is -2.16. The third-order valence-electron chi connectivity index (χ3n) is 7.51. The third kappa shape index (κ3) is 3.61. The van der Waals surface area contributed by atoms with Crippen LogP contribution in [0.1, 0.15) is 36.4 Å². The zero-order chi connectivity index (χ0) is 24.2. The van der Waals surface area contributed by atoms with E-state index in [1.165, 1.54) is 11.9 Å². The van der Waals surface area contributed by atoms with E-state index in [9.17, 15) is 4.79 Å². The van der Waals surface area contributed by atoms with Gasteiger partial charge in [0.2, 0.25) is 5.91 Å². The molecule has 4 heterocycles. The highest BCUT2D eigenvalue weighted by Crippen LogP contribution is 2.39. The van der Waals surface area contributed by atoms with Gasteiger partial charge in [-0.3, -0.25) is 9.48 Å². The van der Waals surface area contributed by atoms with Crippen molar-refractivity contribution in [2.75, 3.05) is 18.8 Å². The molecule has 180 valence electrons. The van der Waals surface area contributed by atoms with Gasteiger partial charge in [-0.05, 0) is 42.5 Å². The second kappa shape index (κ2) is 8.19. The van der Waals surface area contributed by atoms with Gasteiger partial charge in [0.25, 0.3) is 0 Å². The summed E-state index contributed by atoms with van der Waals surface area (Å²) in [5.74, 6) is 1.22. The molecule has 8 heteroatoms. The zero-order valence-electron chi connectivity index (χ0n) is 19.9. The van der Waals surface area contributed by atoms with Crippen LogP contribution in [0.3, 0.4) is 0 Å². The number of nitrogens with zero attached hydrogens (tertiary/aromatic N) is 6. The molecule has 5 aromatic rings. The van der Waals surface area contributed by atoms with E-state index in [2.05, 4.69) is 52.7 Å². The molecule has 1 aliphatic carbocycles. The number of aromatic nitrogens is 5. The number of likely N-dealkylation sites (tertiary alicyclic amines) is 1. The third-order valence-corrected chi connectivity index (χ3v) is 7.51. The summed E-state index contributed by atoms with van der Waals surface area (Å²) in [5, 5.41) is 10.5. The number of nitrogen functional groups attached to an aromatic ring is 1. The van der Waals surface area contributed by atoms with Crippen LogP contribution >= 0.6 is 0 Å². The Balaban J connectivity index is 1.25. The molecule has 0 bridgehead atoms. The van der Waals surface area contributed by atoms with E-state index in [1.807, 2.05) is 32.3 Å². The normalized spacial score (nSPS) is 17.9. The molecule has 1 amide bonds. The molecule has 1 saturated heterocycles. The summed E-state index contributed by atoms with van der Waals surface area (Å²) in [6.45, 7) is 2.25. The van der Waals surface area contributed by atoms with Gasteiger partial charge in [0.15, 0.2) is 5.82 Å². The lowest BCUT2D eigenvalue weighted by atomic mass is 10.0. The van der Waals surface area contributed by atoms with Crippen molar-refractivity contribution in [3.05, 3.63) is 78.4 Å². The van der Waals surface area contributed by atoms with Crippen LogP contribution in [0, 0.1) is 5.92 Å². The number of carbonyl (C=O) groups excluding carboxylic acids is 1. The van der Waals surface area contributed by atoms with Crippen LogP contribution < -0.4 is 5.73 Å². The van der Waals surface area contributed by atoms with E-state index in [4.69, 9.17) is 10.8 Å². The van der Waals surface area contributed by atoms with Crippen molar-refractivity contribution < 1.29 is 4.79 Å². The molecule has 1 aliphatic heterocycles. The van der Waals surface area contributed by atoms with Gasteiger partial charge in [-0.1, -0.05) is 42.5 Å². The number of hydrogen-bond acceptors (Lipinski definition) is 5. The van der Waals surface area contributed by atoms with E-state index in [0.717, 1.165) is 72.1 Å². The first kappa shape index (κ1) is 21.1. The molecule has 0 spiro atoms. The minimum Gasteiger partial charge on any atom is -0.382 e. The highest BCUT2D eigenvalue weighted by molar-refractivity contribution is 5.92. The number of anilines is 1. The molecule has 2 aliphatic rings. The fourth-order valence-electron chi connectivity index (χ4n) is 5.48. The van der Waals surface area contributed by atoms with E-state index in [-0.39, 0.29) is 11.8 Å². The molecule has 1 atom stereocenters. The smallest absolute Gasteiger partial charge is 0.225 e. The van der Waals surface area contributed by atoms with Crippen molar-refractivity contribution in [2.45, 2.75) is 31.7 Å². The molecule has 7 rings (SSSR count). The maximum absolute atomic E-state index is 12.6. The molecule has 3 aromatic heterocycles. The van der Waals surface area contributed by atoms with Gasteiger partial charge in [0.1, 0.15) is 11.8 Å². The average molecular weight is 478 g/mol. The summed E-state index contributed by atoms with van der Waals surface area (Å²) in [6.07, 6.45) is 6.58. The standard InChI is InChI=1S/C28H27N7O/c29-27-26-23(20-8-9-21-16-34(32-24(21)12-20)14-18-4-2-1-3-5-18)13-25(35(26)31-17-30-27)22-10-11-33(15-22)28(36)19-6-7-19/h1-5,8-9,12-13,16-17,19,22H,6-7,10-11,14-15H2,(H2,29,30,31). The lowest BCUT2D eigenvalue weighted by Crippen LogP contribution is -2.29. The van der Waals surface area contributed by atoms with Gasteiger partial charge >= 0.3 is 0 Å². The zero-order valence-corrected chi connectivity index (χ0v) is 19.9. The minimum absolute atomic E-state index is 0.220. The molecule has 1 unspecified atom stereocenters. The first-order valence-electron chi connectivity index (χ1n) is 12.6. The van der Waals surface area contributed by atoms with Crippen LogP contribution in [0.4, 0.5) is 5.82 Å². The van der Waals surface area contributed by atoms with Crippen molar-refractivity contribution in [1.29, 1.82) is 0 Å². The van der Waals surface area contributed by atoms with Gasteiger partial charge in [0.05, 0.1) is 12.1 Å². The fraction of sp³-hybridized carbons (Fsp3) is 0.286. The van der Waals surface area contributed by atoms with Crippen molar-refractivity contribution in [2.24, 2.45) is 5.92 Å². The fourth-order valence-corrected chi connectivity index (χ4v) is 5.48. The predicted molar refractivity (Wildman–Crippen MR) is 138 cm³/mol. The van der Waals surface area contributed by atoms with Crippen LogP contribution in [0.15, 0.2) is 67.1 Å². The van der Waals surface area contributed by atoms with E-state index in [0.29, 0.717) is 11.7 Å². The summed E-state index contributed by atoms with van der Waals surface area (Å²) in [5.41, 5.74) is 12.4. The Morgan fingerprint density at radius 2 is 1.92 bits per heavy atom. The molecule has 2 aromatic carbocycles. The topological polar surface area (TPSA) is 94.3 Å². The van der Waals surface area contributed by atoms with Crippen LogP contribution in [-0.4, -0.2) is 48.3 Å². The maximum Gasteiger partial charge on any atom is 0.225 e. The number of hydrogen-bond donors (Lipinski definition) is 1. The Morgan fingerprint density at radius 3 is 2.75 bits per heavy atom. The van der Waals surface area contributed by atoms with Crippen LogP contribution in [-0.2, 0) is 11.3 Å². The lowest BCUT2D eigenvalue weighted by molar-refractivity contribution is -0.131. The minimum atomic E-state index is 0.220. The van der Waals surface area contributed by atoms with Crippen LogP contribution in [0.5, 0.6) is 0 Å². The molecule has 2 fully saturated rings. The average Bonchev–Trinajstić information content (AvgIpc) is 3.30. The molecular weight excluding hydrogens is 450 g/mol. The van der Waals surface area contributed by atoms with Crippen molar-refractivity contribution >= 4 is 28.1 Å². The van der Waals surface area contributed by atoms with Crippen LogP contribution in [0.25, 0.3) is 27.5 Å². The summed E-state index contributed by atoms with van der Waals surface area (Å²) in [6, 6.07) is 18.8. The number of amides is 1. The largest absolute Gasteiger partial charge is 0.382 e. The first-order chi connectivity index (χ1) is 17.6. The van der Waals surface area contributed by atoms with Gasteiger partial charge in [-0.2, -0.15) is 10.2 Å². The predicted octanol–water partition coefficient (Wildman–Crippen LogP) is 4.10. The van der Waals surface area contributed by atoms with Crippen LogP contribution in [0.2, 0.25) is 0 Å². The Kier molecular flexibility index (Phi) is 4.80. The van der Waals surface area contributed by atoms with Crippen molar-refractivity contribution in [3.63, 3.8) is 0 Å². The molecule has 8 nitrogen and oxygen atoms in total. The maximum atomic E-state index is 12.6. The highest BCUT2D eigenvalue weighted by atomic mass is 16.2. The first-order valence-corrected chi connectivity index (χ1v) is 12.6. The van der Waals surface area contributed by atoms with E-state index in [1.54, 1.807) is 0 Å². The van der Waals surface area contributed by atoms with Gasteiger partial charge in [-0.15, -0.1) is 0 Å². The quantitative estimate of drug-likeness (QED) is 0.411. The Bertz CT molecular complexity index is 1600. The number of fused-ring (bicyclic) bond motifs is 2. The Hall–Kier alpha value is -4.20. The second-order valence-corrected chi connectivity index (χ2v) is 10.0. The number of carbonyl (C=O) groups is 1. The Labute approximate surface area is 208 Å². The summed E-state index contributed by atoms with van der Waals surface area (Å²) in [7, 11) is 0. The summed E-state index contributed by atoms with van der Waals surface area (Å²) in [4.78, 5) is 18.9. The summed E-state index contributed by atoms with van der Waals surface area (Å²) >= 11 is 0. The SMILES string of the molecule is Nc1ncnn2c(C3CCN(C(=O)C4CC4)C3)cc(-c3ccc4cn(Cc5ccccc5)nc4c3)c12. The van der Waals surface area contributed by atoms with E-state index < -0.39 is 0 Å². The molecule has 1 saturated carbocycles. The van der Waals surface area contributed by atoms with Gasteiger partial charge in [0, 0.05) is 47.8 Å². The highest BCUT2D eigenvalue weighted by Gasteiger charge is 2.38. The molecule has 0 radical (unpaired) electrons. The summed E-state index contributed by atoms with van der Waals surface area (Å²) < 4.78 is 3.90. The number of benzene rings is 2. The van der Waals surface area contributed by atoms with Crippen molar-refractivity contribution in [1.82, 2.24) is 29.3 Å². The Morgan fingerprint density at radius 1 is 1.06 bits per heavy atom. The van der Waals surface area contributed by atoms with Gasteiger partial charge in [-0.25, -0.2) is 9.50 Å². The molecular formula is C28H27N7O. The number of nitrogens with two attached hydrogens (primary N) is 1. The monoisotopic (exact) mass is 477 g/mol.